The van der Waals surface area contributed by atoms with Gasteiger partial charge in [0.05, 0.1) is 12.7 Å². The monoisotopic (exact) mass is 191 g/mol. The lowest BCUT2D eigenvalue weighted by Crippen LogP contribution is -2.04. The van der Waals surface area contributed by atoms with Crippen LogP contribution in [0.2, 0.25) is 0 Å². The van der Waals surface area contributed by atoms with Crippen LogP contribution in [0.25, 0.3) is 0 Å². The van der Waals surface area contributed by atoms with E-state index in [-0.39, 0.29) is 5.82 Å². The van der Waals surface area contributed by atoms with Gasteiger partial charge in [0.2, 0.25) is 0 Å². The first-order valence-electron chi connectivity index (χ1n) is 4.33. The minimum Gasteiger partial charge on any atom is -0.265 e. The summed E-state index contributed by atoms with van der Waals surface area (Å²) >= 11 is 0. The molecule has 0 aromatic carbocycles. The van der Waals surface area contributed by atoms with E-state index in [1.165, 1.54) is 12.3 Å². The van der Waals surface area contributed by atoms with Crippen molar-refractivity contribution in [3.63, 3.8) is 0 Å². The lowest BCUT2D eigenvalue weighted by Gasteiger charge is -2.03. The molecule has 14 heavy (non-hydrogen) atoms. The summed E-state index contributed by atoms with van der Waals surface area (Å²) in [4.78, 5) is 3.78. The molecular formula is C10H10FN3. The zero-order valence-corrected chi connectivity index (χ0v) is 7.81. The summed E-state index contributed by atoms with van der Waals surface area (Å²) in [5.74, 6) is -0.313. The van der Waals surface area contributed by atoms with Gasteiger partial charge in [-0.1, -0.05) is 0 Å². The van der Waals surface area contributed by atoms with E-state index in [2.05, 4.69) is 10.1 Å². The first-order valence-corrected chi connectivity index (χ1v) is 4.33. The number of rotatable bonds is 2. The summed E-state index contributed by atoms with van der Waals surface area (Å²) in [5, 5.41) is 4.11. The van der Waals surface area contributed by atoms with Crippen LogP contribution in [-0.2, 0) is 6.54 Å². The van der Waals surface area contributed by atoms with Crippen molar-refractivity contribution in [3.8, 4) is 0 Å². The molecule has 0 amide bonds. The molecule has 0 N–H and O–H groups in total. The Hall–Kier alpha value is -1.71. The molecule has 0 bridgehead atoms. The zero-order chi connectivity index (χ0) is 9.97. The van der Waals surface area contributed by atoms with Gasteiger partial charge in [-0.05, 0) is 24.6 Å². The van der Waals surface area contributed by atoms with E-state index >= 15 is 0 Å². The summed E-state index contributed by atoms with van der Waals surface area (Å²) < 4.78 is 14.6. The third kappa shape index (κ3) is 1.79. The number of aromatic nitrogens is 3. The topological polar surface area (TPSA) is 30.7 Å². The molecule has 0 fully saturated rings. The first kappa shape index (κ1) is 8.87. The Kier molecular flexibility index (Phi) is 2.26. The molecule has 72 valence electrons. The predicted octanol–water partition coefficient (Wildman–Crippen LogP) is 1.77. The molecular weight excluding hydrogens is 181 g/mol. The fraction of sp³-hybridized carbons (Fsp3) is 0.200. The molecule has 0 radical (unpaired) electrons. The minimum atomic E-state index is -0.313. The number of pyridine rings is 1. The van der Waals surface area contributed by atoms with Crippen LogP contribution in [0.5, 0.6) is 0 Å². The predicted molar refractivity (Wildman–Crippen MR) is 50.3 cm³/mol. The molecule has 0 saturated carbocycles. The fourth-order valence-corrected chi connectivity index (χ4v) is 1.28. The molecule has 2 aromatic rings. The van der Waals surface area contributed by atoms with E-state index in [0.29, 0.717) is 6.54 Å². The number of hydrogen-bond donors (Lipinski definition) is 0. The lowest BCUT2D eigenvalue weighted by atomic mass is 10.3. The van der Waals surface area contributed by atoms with Crippen molar-refractivity contribution in [2.75, 3.05) is 0 Å². The Morgan fingerprint density at radius 1 is 1.43 bits per heavy atom. The molecule has 2 heterocycles. The van der Waals surface area contributed by atoms with E-state index in [4.69, 9.17) is 0 Å². The van der Waals surface area contributed by atoms with Crippen LogP contribution in [-0.4, -0.2) is 14.8 Å². The average molecular weight is 191 g/mol. The number of nitrogens with zero attached hydrogens (tertiary/aromatic N) is 3. The van der Waals surface area contributed by atoms with Crippen molar-refractivity contribution in [2.24, 2.45) is 0 Å². The minimum absolute atomic E-state index is 0.313. The Morgan fingerprint density at radius 2 is 2.29 bits per heavy atom. The van der Waals surface area contributed by atoms with Gasteiger partial charge in [-0.15, -0.1) is 0 Å². The summed E-state index contributed by atoms with van der Waals surface area (Å²) in [6.45, 7) is 2.52. The standard InChI is InChI=1S/C10H10FN3/c1-8-2-3-13-14(8)7-9-4-10(11)6-12-5-9/h2-6H,7H2,1H3. The van der Waals surface area contributed by atoms with E-state index in [1.807, 2.05) is 13.0 Å². The highest BCUT2D eigenvalue weighted by Crippen LogP contribution is 2.05. The number of halogens is 1. The van der Waals surface area contributed by atoms with Gasteiger partial charge in [0.25, 0.3) is 0 Å². The molecule has 0 aliphatic carbocycles. The van der Waals surface area contributed by atoms with Crippen LogP contribution >= 0.6 is 0 Å². The Bertz CT molecular complexity index is 436. The van der Waals surface area contributed by atoms with Gasteiger partial charge < -0.3 is 0 Å². The second kappa shape index (κ2) is 3.57. The second-order valence-corrected chi connectivity index (χ2v) is 3.14. The van der Waals surface area contributed by atoms with Crippen LogP contribution in [0.1, 0.15) is 11.3 Å². The van der Waals surface area contributed by atoms with Crippen molar-refractivity contribution < 1.29 is 4.39 Å². The third-order valence-electron chi connectivity index (χ3n) is 2.02. The molecule has 0 aliphatic heterocycles. The Morgan fingerprint density at radius 3 is 2.93 bits per heavy atom. The van der Waals surface area contributed by atoms with Gasteiger partial charge in [-0.2, -0.15) is 5.10 Å². The fourth-order valence-electron chi connectivity index (χ4n) is 1.28. The van der Waals surface area contributed by atoms with Gasteiger partial charge in [-0.3, -0.25) is 9.67 Å². The SMILES string of the molecule is Cc1ccnn1Cc1cncc(F)c1. The molecule has 0 aliphatic rings. The molecule has 0 unspecified atom stereocenters. The Balaban J connectivity index is 2.23. The first-order chi connectivity index (χ1) is 6.75. The van der Waals surface area contributed by atoms with Gasteiger partial charge in [0.15, 0.2) is 0 Å². The molecule has 4 heteroatoms. The van der Waals surface area contributed by atoms with Crippen molar-refractivity contribution in [3.05, 3.63) is 47.8 Å². The van der Waals surface area contributed by atoms with Crippen molar-refractivity contribution in [1.82, 2.24) is 14.8 Å². The molecule has 0 atom stereocenters. The maximum Gasteiger partial charge on any atom is 0.141 e. The summed E-state index contributed by atoms with van der Waals surface area (Å²) in [7, 11) is 0. The zero-order valence-electron chi connectivity index (χ0n) is 7.81. The molecule has 3 nitrogen and oxygen atoms in total. The van der Waals surface area contributed by atoms with Gasteiger partial charge in [0, 0.05) is 18.1 Å². The normalized spacial score (nSPS) is 10.4. The van der Waals surface area contributed by atoms with Crippen molar-refractivity contribution in [1.29, 1.82) is 0 Å². The lowest BCUT2D eigenvalue weighted by molar-refractivity contribution is 0.609. The van der Waals surface area contributed by atoms with Crippen LogP contribution in [0.4, 0.5) is 4.39 Å². The summed E-state index contributed by atoms with van der Waals surface area (Å²) in [6, 6.07) is 3.38. The van der Waals surface area contributed by atoms with Gasteiger partial charge in [0.1, 0.15) is 5.82 Å². The highest BCUT2D eigenvalue weighted by Gasteiger charge is 2.00. The van der Waals surface area contributed by atoms with Gasteiger partial charge >= 0.3 is 0 Å². The maximum absolute atomic E-state index is 12.8. The molecule has 2 aromatic heterocycles. The van der Waals surface area contributed by atoms with Gasteiger partial charge in [-0.25, -0.2) is 4.39 Å². The highest BCUT2D eigenvalue weighted by atomic mass is 19.1. The van der Waals surface area contributed by atoms with Crippen molar-refractivity contribution in [2.45, 2.75) is 13.5 Å². The molecule has 2 rings (SSSR count). The van der Waals surface area contributed by atoms with Crippen LogP contribution in [0.15, 0.2) is 30.7 Å². The average Bonchev–Trinajstić information content (AvgIpc) is 2.52. The maximum atomic E-state index is 12.8. The Labute approximate surface area is 81.2 Å². The summed E-state index contributed by atoms with van der Waals surface area (Å²) in [6.07, 6.45) is 4.56. The largest absolute Gasteiger partial charge is 0.265 e. The van der Waals surface area contributed by atoms with E-state index in [9.17, 15) is 4.39 Å². The quantitative estimate of drug-likeness (QED) is 0.724. The third-order valence-corrected chi connectivity index (χ3v) is 2.02. The van der Waals surface area contributed by atoms with Crippen molar-refractivity contribution >= 4 is 0 Å². The van der Waals surface area contributed by atoms with Crippen LogP contribution < -0.4 is 0 Å². The number of hydrogen-bond acceptors (Lipinski definition) is 2. The van der Waals surface area contributed by atoms with Crippen LogP contribution in [0.3, 0.4) is 0 Å². The second-order valence-electron chi connectivity index (χ2n) is 3.14. The highest BCUT2D eigenvalue weighted by molar-refractivity contribution is 5.11. The van der Waals surface area contributed by atoms with E-state index in [0.717, 1.165) is 11.3 Å². The van der Waals surface area contributed by atoms with Crippen LogP contribution in [0, 0.1) is 12.7 Å². The smallest absolute Gasteiger partial charge is 0.141 e. The molecule has 0 saturated heterocycles. The molecule has 0 spiro atoms. The van der Waals surface area contributed by atoms with E-state index < -0.39 is 0 Å². The summed E-state index contributed by atoms with van der Waals surface area (Å²) in [5.41, 5.74) is 1.87. The number of aryl methyl sites for hydroxylation is 1. The van der Waals surface area contributed by atoms with E-state index in [1.54, 1.807) is 17.1 Å².